The molecule has 0 radical (unpaired) electrons. The number of rotatable bonds is 3. The van der Waals surface area contributed by atoms with Crippen molar-refractivity contribution in [3.8, 4) is 0 Å². The first-order chi connectivity index (χ1) is 12.8. The molecule has 2 aromatic heterocycles. The highest BCUT2D eigenvalue weighted by Crippen LogP contribution is 2.31. The van der Waals surface area contributed by atoms with Gasteiger partial charge in [0.25, 0.3) is 11.5 Å². The first-order valence-corrected chi connectivity index (χ1v) is 8.73. The van der Waals surface area contributed by atoms with Gasteiger partial charge in [-0.05, 0) is 25.1 Å². The van der Waals surface area contributed by atoms with Crippen LogP contribution in [-0.2, 0) is 16.9 Å². The van der Waals surface area contributed by atoms with E-state index in [0.717, 1.165) is 23.1 Å². The Bertz CT molecular complexity index is 1160. The second-order valence-electron chi connectivity index (χ2n) is 6.21. The van der Waals surface area contributed by atoms with Crippen molar-refractivity contribution in [1.29, 1.82) is 0 Å². The number of carbonyl (C=O) groups is 2. The molecular formula is C17H12F2N4O3S. The van der Waals surface area contributed by atoms with Gasteiger partial charge in [0.15, 0.2) is 4.96 Å². The summed E-state index contributed by atoms with van der Waals surface area (Å²) in [5, 5.41) is 4.09. The Morgan fingerprint density at radius 3 is 2.78 bits per heavy atom. The van der Waals surface area contributed by atoms with Crippen molar-refractivity contribution < 1.29 is 18.4 Å². The summed E-state index contributed by atoms with van der Waals surface area (Å²) in [5.74, 6) is -2.30. The third kappa shape index (κ3) is 2.69. The Morgan fingerprint density at radius 1 is 1.22 bits per heavy atom. The maximum atomic E-state index is 14.2. The van der Waals surface area contributed by atoms with Crippen LogP contribution in [0.4, 0.5) is 13.6 Å². The minimum atomic E-state index is -1.76. The number of hydrogen-bond donors (Lipinski definition) is 1. The van der Waals surface area contributed by atoms with Crippen LogP contribution in [0, 0.1) is 11.6 Å². The third-order valence-electron chi connectivity index (χ3n) is 4.42. The molecule has 0 aliphatic carbocycles. The molecule has 4 rings (SSSR count). The molecule has 0 bridgehead atoms. The molecule has 0 saturated carbocycles. The van der Waals surface area contributed by atoms with E-state index in [1.807, 2.05) is 0 Å². The van der Waals surface area contributed by atoms with E-state index >= 15 is 0 Å². The van der Waals surface area contributed by atoms with Crippen LogP contribution in [0.3, 0.4) is 0 Å². The van der Waals surface area contributed by atoms with Gasteiger partial charge in [0.05, 0.1) is 12.2 Å². The molecule has 27 heavy (non-hydrogen) atoms. The molecule has 1 atom stereocenters. The van der Waals surface area contributed by atoms with Crippen LogP contribution in [0.2, 0.25) is 0 Å². The lowest BCUT2D eigenvalue weighted by atomic mass is 9.91. The van der Waals surface area contributed by atoms with Crippen molar-refractivity contribution in [3.05, 3.63) is 69.1 Å². The van der Waals surface area contributed by atoms with E-state index in [-0.39, 0.29) is 23.4 Å². The predicted molar refractivity (Wildman–Crippen MR) is 92.1 cm³/mol. The van der Waals surface area contributed by atoms with E-state index in [4.69, 9.17) is 0 Å². The number of nitrogens with zero attached hydrogens (tertiary/aromatic N) is 3. The largest absolute Gasteiger partial charge is 0.325 e. The van der Waals surface area contributed by atoms with Crippen LogP contribution in [0.15, 0.2) is 40.6 Å². The minimum Gasteiger partial charge on any atom is -0.319 e. The zero-order chi connectivity index (χ0) is 19.3. The van der Waals surface area contributed by atoms with Gasteiger partial charge >= 0.3 is 6.03 Å². The number of amides is 3. The fourth-order valence-electron chi connectivity index (χ4n) is 3.03. The number of nitrogens with one attached hydrogen (secondary N) is 1. The number of benzene rings is 1. The predicted octanol–water partition coefficient (Wildman–Crippen LogP) is 2.00. The Kier molecular flexibility index (Phi) is 3.81. The molecule has 3 heterocycles. The molecule has 1 aliphatic rings. The van der Waals surface area contributed by atoms with Gasteiger partial charge in [-0.25, -0.2) is 18.6 Å². The summed E-state index contributed by atoms with van der Waals surface area (Å²) in [5.41, 5.74) is -2.16. The maximum Gasteiger partial charge on any atom is 0.325 e. The summed E-state index contributed by atoms with van der Waals surface area (Å²) in [7, 11) is 0. The smallest absolute Gasteiger partial charge is 0.319 e. The molecule has 3 amide bonds. The molecule has 138 valence electrons. The average Bonchev–Trinajstić information content (AvgIpc) is 3.17. The lowest BCUT2D eigenvalue weighted by Crippen LogP contribution is -2.41. The van der Waals surface area contributed by atoms with Gasteiger partial charge in [-0.3, -0.25) is 18.9 Å². The highest BCUT2D eigenvalue weighted by molar-refractivity contribution is 7.15. The molecule has 0 spiro atoms. The fourth-order valence-corrected chi connectivity index (χ4v) is 3.77. The van der Waals surface area contributed by atoms with Crippen LogP contribution in [-0.4, -0.2) is 26.2 Å². The number of urea groups is 1. The van der Waals surface area contributed by atoms with Crippen molar-refractivity contribution in [2.75, 3.05) is 0 Å². The molecule has 0 unspecified atom stereocenters. The zero-order valence-electron chi connectivity index (χ0n) is 13.9. The van der Waals surface area contributed by atoms with Crippen molar-refractivity contribution in [2.24, 2.45) is 0 Å². The lowest BCUT2D eigenvalue weighted by molar-refractivity contribution is -0.131. The Hall–Kier alpha value is -3.14. The Labute approximate surface area is 154 Å². The lowest BCUT2D eigenvalue weighted by Gasteiger charge is -2.22. The van der Waals surface area contributed by atoms with Gasteiger partial charge in [-0.2, -0.15) is 0 Å². The molecule has 1 aliphatic heterocycles. The number of hydrogen-bond acceptors (Lipinski definition) is 5. The summed E-state index contributed by atoms with van der Waals surface area (Å²) < 4.78 is 29.1. The molecule has 10 heteroatoms. The highest BCUT2D eigenvalue weighted by Gasteiger charge is 2.50. The maximum absolute atomic E-state index is 14.2. The van der Waals surface area contributed by atoms with Crippen molar-refractivity contribution in [1.82, 2.24) is 19.6 Å². The molecule has 7 nitrogen and oxygen atoms in total. The van der Waals surface area contributed by atoms with E-state index in [2.05, 4.69) is 10.3 Å². The molecule has 3 aromatic rings. The van der Waals surface area contributed by atoms with Crippen LogP contribution in [0.1, 0.15) is 18.2 Å². The SMILES string of the molecule is C[C@@]1(c2cc(F)ccc2F)NC(=O)N(Cc2cc(=O)n3ccsc3n2)C1=O. The minimum absolute atomic E-state index is 0.218. The second kappa shape index (κ2) is 5.95. The van der Waals surface area contributed by atoms with Crippen LogP contribution >= 0.6 is 11.3 Å². The average molecular weight is 390 g/mol. The van der Waals surface area contributed by atoms with Crippen molar-refractivity contribution in [3.63, 3.8) is 0 Å². The van der Waals surface area contributed by atoms with Gasteiger partial charge in [-0.15, -0.1) is 11.3 Å². The fraction of sp³-hybridized carbons (Fsp3) is 0.176. The van der Waals surface area contributed by atoms with Gasteiger partial charge in [0, 0.05) is 23.2 Å². The van der Waals surface area contributed by atoms with Crippen molar-refractivity contribution >= 4 is 28.2 Å². The first kappa shape index (κ1) is 17.3. The highest BCUT2D eigenvalue weighted by atomic mass is 32.1. The monoisotopic (exact) mass is 390 g/mol. The van der Waals surface area contributed by atoms with Crippen LogP contribution in [0.5, 0.6) is 0 Å². The number of aromatic nitrogens is 2. The summed E-state index contributed by atoms with van der Waals surface area (Å²) in [4.78, 5) is 42.8. The normalized spacial score (nSPS) is 19.7. The van der Waals surface area contributed by atoms with Gasteiger partial charge in [0.2, 0.25) is 0 Å². The van der Waals surface area contributed by atoms with Gasteiger partial charge in [0.1, 0.15) is 17.2 Å². The number of fused-ring (bicyclic) bond motifs is 1. The van der Waals surface area contributed by atoms with Crippen LogP contribution < -0.4 is 10.9 Å². The van der Waals surface area contributed by atoms with Gasteiger partial charge < -0.3 is 5.32 Å². The quantitative estimate of drug-likeness (QED) is 0.694. The van der Waals surface area contributed by atoms with E-state index in [1.54, 1.807) is 11.6 Å². The molecule has 1 fully saturated rings. The number of carbonyl (C=O) groups excluding carboxylic acids is 2. The standard InChI is InChI=1S/C17H12F2N4O3S/c1-17(11-6-9(18)2-3-12(11)19)14(25)23(15(26)21-17)8-10-7-13(24)22-4-5-27-16(22)20-10/h2-7H,8H2,1H3,(H,21,26)/t17-/m0/s1. The third-order valence-corrected chi connectivity index (χ3v) is 5.17. The summed E-state index contributed by atoms with van der Waals surface area (Å²) in [6, 6.07) is 3.14. The Balaban J connectivity index is 1.70. The van der Waals surface area contributed by atoms with E-state index in [0.29, 0.717) is 4.96 Å². The number of halogens is 2. The van der Waals surface area contributed by atoms with Crippen molar-refractivity contribution in [2.45, 2.75) is 19.0 Å². The Morgan fingerprint density at radius 2 is 2.00 bits per heavy atom. The summed E-state index contributed by atoms with van der Waals surface area (Å²) in [6.45, 7) is 1.04. The number of thiazole rings is 1. The van der Waals surface area contributed by atoms with Crippen LogP contribution in [0.25, 0.3) is 4.96 Å². The molecule has 1 aromatic carbocycles. The van der Waals surface area contributed by atoms with E-state index in [1.165, 1.54) is 28.7 Å². The van der Waals surface area contributed by atoms with E-state index < -0.39 is 29.1 Å². The summed E-state index contributed by atoms with van der Waals surface area (Å²) in [6.07, 6.45) is 1.57. The van der Waals surface area contributed by atoms with Gasteiger partial charge in [-0.1, -0.05) is 0 Å². The molecule has 1 saturated heterocycles. The topological polar surface area (TPSA) is 83.8 Å². The first-order valence-electron chi connectivity index (χ1n) is 7.85. The number of imide groups is 1. The van der Waals surface area contributed by atoms with E-state index in [9.17, 15) is 23.2 Å². The molecular weight excluding hydrogens is 378 g/mol. The second-order valence-corrected chi connectivity index (χ2v) is 7.08. The zero-order valence-corrected chi connectivity index (χ0v) is 14.7. The molecule has 1 N–H and O–H groups in total. The summed E-state index contributed by atoms with van der Waals surface area (Å²) >= 11 is 1.23.